The van der Waals surface area contributed by atoms with E-state index in [4.69, 9.17) is 18.9 Å². The molecule has 0 saturated carbocycles. The highest BCUT2D eigenvalue weighted by atomic mass is 79.9. The molecule has 1 atom stereocenters. The number of allylic oxidation sites excluding steroid dienone is 1. The first-order valence-electron chi connectivity index (χ1n) is 7.54. The number of hydrogen-bond donors (Lipinski definition) is 2. The van der Waals surface area contributed by atoms with E-state index in [2.05, 4.69) is 26.6 Å². The zero-order chi connectivity index (χ0) is 18.0. The molecule has 2 aliphatic rings. The van der Waals surface area contributed by atoms with Gasteiger partial charge in [0.1, 0.15) is 6.61 Å². The van der Waals surface area contributed by atoms with Gasteiger partial charge in [0.05, 0.1) is 18.2 Å². The number of carbonyl (C=O) groups is 2. The predicted molar refractivity (Wildman–Crippen MR) is 90.2 cm³/mol. The molecule has 8 nitrogen and oxygen atoms in total. The topological polar surface area (TPSA) is 95.1 Å². The largest absolute Gasteiger partial charge is 0.460 e. The molecular weight excluding hydrogens is 396 g/mol. The van der Waals surface area contributed by atoms with Crippen LogP contribution >= 0.6 is 15.9 Å². The molecule has 3 rings (SSSR count). The highest BCUT2D eigenvalue weighted by molar-refractivity contribution is 9.10. The van der Waals surface area contributed by atoms with Crippen LogP contribution in [0.3, 0.4) is 0 Å². The molecule has 2 N–H and O–H groups in total. The summed E-state index contributed by atoms with van der Waals surface area (Å²) in [7, 11) is 1.52. The Kier molecular flexibility index (Phi) is 5.14. The molecule has 0 spiro atoms. The summed E-state index contributed by atoms with van der Waals surface area (Å²) in [6, 6.07) is 2.39. The fourth-order valence-electron chi connectivity index (χ4n) is 2.65. The van der Waals surface area contributed by atoms with Crippen molar-refractivity contribution in [3.05, 3.63) is 33.4 Å². The summed E-state index contributed by atoms with van der Waals surface area (Å²) in [5, 5.41) is 5.35. The highest BCUT2D eigenvalue weighted by Crippen LogP contribution is 2.41. The van der Waals surface area contributed by atoms with Crippen LogP contribution in [0, 0.1) is 0 Å². The van der Waals surface area contributed by atoms with Gasteiger partial charge in [-0.05, 0) is 24.6 Å². The van der Waals surface area contributed by atoms with Gasteiger partial charge >= 0.3 is 12.0 Å². The molecule has 2 aliphatic heterocycles. The van der Waals surface area contributed by atoms with Crippen LogP contribution in [0.2, 0.25) is 0 Å². The van der Waals surface area contributed by atoms with Gasteiger partial charge in [0, 0.05) is 17.3 Å². The molecule has 1 aromatic rings. The summed E-state index contributed by atoms with van der Waals surface area (Å²) in [4.78, 5) is 24.5. The summed E-state index contributed by atoms with van der Waals surface area (Å²) in [5.41, 5.74) is 1.41. The lowest BCUT2D eigenvalue weighted by Gasteiger charge is -2.28. The fraction of sp³-hybridized carbons (Fsp3) is 0.375. The Balaban J connectivity index is 1.96. The first-order valence-corrected chi connectivity index (χ1v) is 8.34. The van der Waals surface area contributed by atoms with Crippen molar-refractivity contribution in [3.8, 4) is 11.5 Å². The SMILES string of the molecule is COCCOC(=O)C1=C(C)NC(=O)N[C@@H]1c1cc2c(cc1Br)OCO2. The van der Waals surface area contributed by atoms with Gasteiger partial charge in [-0.1, -0.05) is 15.9 Å². The molecule has 0 aliphatic carbocycles. The van der Waals surface area contributed by atoms with E-state index in [9.17, 15) is 9.59 Å². The standard InChI is InChI=1S/C16H17BrN2O6/c1-8-13(15(20)23-4-3-22-2)14(19-16(21)18-8)9-5-11-12(6-10(9)17)25-7-24-11/h5-6,14H,3-4,7H2,1-2H3,(H2,18,19,21)/t14-/m1/s1. The van der Waals surface area contributed by atoms with Gasteiger partial charge < -0.3 is 29.6 Å². The number of hydrogen-bond acceptors (Lipinski definition) is 6. The minimum Gasteiger partial charge on any atom is -0.460 e. The lowest BCUT2D eigenvalue weighted by Crippen LogP contribution is -2.45. The molecule has 25 heavy (non-hydrogen) atoms. The van der Waals surface area contributed by atoms with E-state index in [0.717, 1.165) is 0 Å². The van der Waals surface area contributed by atoms with Crippen molar-refractivity contribution in [2.45, 2.75) is 13.0 Å². The molecule has 0 bridgehead atoms. The molecular formula is C16H17BrN2O6. The highest BCUT2D eigenvalue weighted by Gasteiger charge is 2.34. The molecule has 0 radical (unpaired) electrons. The van der Waals surface area contributed by atoms with Crippen LogP contribution in [0.5, 0.6) is 11.5 Å². The molecule has 134 valence electrons. The zero-order valence-corrected chi connectivity index (χ0v) is 15.3. The maximum atomic E-state index is 12.5. The number of benzene rings is 1. The van der Waals surface area contributed by atoms with Crippen LogP contribution in [0.15, 0.2) is 27.9 Å². The average molecular weight is 413 g/mol. The lowest BCUT2D eigenvalue weighted by atomic mass is 9.95. The Hall–Kier alpha value is -2.26. The predicted octanol–water partition coefficient (Wildman–Crippen LogP) is 2.00. The van der Waals surface area contributed by atoms with E-state index in [1.165, 1.54) is 7.11 Å². The van der Waals surface area contributed by atoms with Gasteiger partial charge in [-0.15, -0.1) is 0 Å². The molecule has 2 amide bonds. The van der Waals surface area contributed by atoms with Crippen LogP contribution in [-0.2, 0) is 14.3 Å². The van der Waals surface area contributed by atoms with Crippen LogP contribution in [0.25, 0.3) is 0 Å². The quantitative estimate of drug-likeness (QED) is 0.567. The Morgan fingerprint density at radius 1 is 1.32 bits per heavy atom. The Morgan fingerprint density at radius 3 is 2.76 bits per heavy atom. The smallest absolute Gasteiger partial charge is 0.338 e. The molecule has 0 aromatic heterocycles. The molecule has 9 heteroatoms. The third-order valence-corrected chi connectivity index (χ3v) is 4.50. The van der Waals surface area contributed by atoms with Crippen molar-refractivity contribution >= 4 is 27.9 Å². The van der Waals surface area contributed by atoms with E-state index in [-0.39, 0.29) is 20.0 Å². The van der Waals surface area contributed by atoms with Gasteiger partial charge in [-0.25, -0.2) is 9.59 Å². The number of carbonyl (C=O) groups excluding carboxylic acids is 2. The minimum absolute atomic E-state index is 0.120. The maximum absolute atomic E-state index is 12.5. The maximum Gasteiger partial charge on any atom is 0.338 e. The number of methoxy groups -OCH3 is 1. The third-order valence-electron chi connectivity index (χ3n) is 3.81. The lowest BCUT2D eigenvalue weighted by molar-refractivity contribution is -0.140. The van der Waals surface area contributed by atoms with Crippen molar-refractivity contribution < 1.29 is 28.5 Å². The number of esters is 1. The Labute approximate surface area is 152 Å². The van der Waals surface area contributed by atoms with Crippen molar-refractivity contribution in [1.29, 1.82) is 0 Å². The van der Waals surface area contributed by atoms with Gasteiger partial charge in [0.2, 0.25) is 6.79 Å². The number of halogens is 1. The van der Waals surface area contributed by atoms with Crippen LogP contribution in [0.4, 0.5) is 4.79 Å². The number of amides is 2. The van der Waals surface area contributed by atoms with Gasteiger partial charge in [-0.3, -0.25) is 0 Å². The van der Waals surface area contributed by atoms with E-state index in [1.807, 2.05) is 0 Å². The first-order chi connectivity index (χ1) is 12.0. The Bertz CT molecular complexity index is 748. The number of nitrogens with one attached hydrogen (secondary N) is 2. The number of fused-ring (bicyclic) bond motifs is 1. The normalized spacial score (nSPS) is 18.7. The summed E-state index contributed by atoms with van der Waals surface area (Å²) in [6.07, 6.45) is 0. The number of ether oxygens (including phenoxy) is 4. The third kappa shape index (κ3) is 3.57. The summed E-state index contributed by atoms with van der Waals surface area (Å²) in [6.45, 7) is 2.19. The molecule has 1 aromatic carbocycles. The van der Waals surface area contributed by atoms with Crippen molar-refractivity contribution in [2.75, 3.05) is 27.1 Å². The summed E-state index contributed by atoms with van der Waals surface area (Å²) >= 11 is 3.46. The molecule has 0 saturated heterocycles. The van der Waals surface area contributed by atoms with E-state index in [1.54, 1.807) is 19.1 Å². The van der Waals surface area contributed by atoms with Crippen LogP contribution in [-0.4, -0.2) is 39.1 Å². The van der Waals surface area contributed by atoms with Crippen molar-refractivity contribution in [3.63, 3.8) is 0 Å². The number of urea groups is 1. The van der Waals surface area contributed by atoms with E-state index in [0.29, 0.717) is 32.8 Å². The Morgan fingerprint density at radius 2 is 2.04 bits per heavy atom. The minimum atomic E-state index is -0.687. The van der Waals surface area contributed by atoms with Gasteiger partial charge in [0.15, 0.2) is 11.5 Å². The van der Waals surface area contributed by atoms with Gasteiger partial charge in [0.25, 0.3) is 0 Å². The van der Waals surface area contributed by atoms with E-state index >= 15 is 0 Å². The second kappa shape index (κ2) is 7.32. The summed E-state index contributed by atoms with van der Waals surface area (Å²) < 4.78 is 21.5. The second-order valence-corrected chi connectivity index (χ2v) is 6.28. The zero-order valence-electron chi connectivity index (χ0n) is 13.7. The van der Waals surface area contributed by atoms with Crippen molar-refractivity contribution in [2.24, 2.45) is 0 Å². The number of rotatable bonds is 5. The molecule has 0 unspecified atom stereocenters. The fourth-order valence-corrected chi connectivity index (χ4v) is 3.20. The second-order valence-electron chi connectivity index (χ2n) is 5.43. The molecule has 0 fully saturated rings. The van der Waals surface area contributed by atoms with Crippen molar-refractivity contribution in [1.82, 2.24) is 10.6 Å². The summed E-state index contributed by atoms with van der Waals surface area (Å²) in [5.74, 6) is 0.619. The first kappa shape index (κ1) is 17.6. The monoisotopic (exact) mass is 412 g/mol. The molecule has 2 heterocycles. The average Bonchev–Trinajstić information content (AvgIpc) is 3.00. The van der Waals surface area contributed by atoms with Crippen LogP contribution < -0.4 is 20.1 Å². The van der Waals surface area contributed by atoms with E-state index < -0.39 is 18.0 Å². The van der Waals surface area contributed by atoms with Gasteiger partial charge in [-0.2, -0.15) is 0 Å². The van der Waals surface area contributed by atoms with Crippen LogP contribution in [0.1, 0.15) is 18.5 Å².